The van der Waals surface area contributed by atoms with Crippen LogP contribution in [0.5, 0.6) is 0 Å². The Kier molecular flexibility index (Phi) is 6.61. The number of urea groups is 1. The number of anilines is 1. The van der Waals surface area contributed by atoms with E-state index in [4.69, 9.17) is 5.11 Å². The molecule has 0 spiro atoms. The molecule has 1 rings (SSSR count). The van der Waals surface area contributed by atoms with Crippen molar-refractivity contribution in [3.05, 3.63) is 28.0 Å². The highest BCUT2D eigenvalue weighted by molar-refractivity contribution is 9.10. The molecule has 1 aromatic carbocycles. The summed E-state index contributed by atoms with van der Waals surface area (Å²) in [6.45, 7) is 3.59. The lowest BCUT2D eigenvalue weighted by molar-refractivity contribution is -0.139. The van der Waals surface area contributed by atoms with Crippen LogP contribution in [0.4, 0.5) is 14.9 Å². The van der Waals surface area contributed by atoms with Crippen molar-refractivity contribution < 1.29 is 19.1 Å². The van der Waals surface area contributed by atoms with E-state index in [0.717, 1.165) is 6.42 Å². The third kappa shape index (κ3) is 5.34. The molecule has 0 unspecified atom stereocenters. The molecule has 1 atom stereocenters. The number of carboxylic acids is 1. The molecule has 0 saturated carbocycles. The summed E-state index contributed by atoms with van der Waals surface area (Å²) < 4.78 is 13.5. The number of amides is 2. The van der Waals surface area contributed by atoms with Crippen LogP contribution in [-0.4, -0.2) is 23.1 Å². The van der Waals surface area contributed by atoms with Crippen LogP contribution < -0.4 is 10.6 Å². The summed E-state index contributed by atoms with van der Waals surface area (Å²) in [5.74, 6) is -1.50. The molecule has 0 aliphatic carbocycles. The van der Waals surface area contributed by atoms with E-state index in [1.807, 2.05) is 6.92 Å². The van der Waals surface area contributed by atoms with Crippen LogP contribution in [0, 0.1) is 12.7 Å². The highest BCUT2D eigenvalue weighted by Gasteiger charge is 2.19. The second-order valence-electron chi connectivity index (χ2n) is 4.71. The second-order valence-corrected chi connectivity index (χ2v) is 5.57. The third-order valence-corrected chi connectivity index (χ3v) is 3.57. The molecule has 0 aliphatic heterocycles. The molecule has 0 radical (unpaired) electrons. The van der Waals surface area contributed by atoms with Gasteiger partial charge >= 0.3 is 12.0 Å². The van der Waals surface area contributed by atoms with E-state index in [0.29, 0.717) is 24.1 Å². The largest absolute Gasteiger partial charge is 0.480 e. The Morgan fingerprint density at radius 1 is 1.43 bits per heavy atom. The number of carboxylic acid groups (broad SMARTS) is 1. The van der Waals surface area contributed by atoms with Gasteiger partial charge in [0.15, 0.2) is 0 Å². The van der Waals surface area contributed by atoms with Crippen LogP contribution in [0.15, 0.2) is 16.6 Å². The number of halogens is 2. The van der Waals surface area contributed by atoms with Gasteiger partial charge in [0, 0.05) is 5.69 Å². The van der Waals surface area contributed by atoms with E-state index in [-0.39, 0.29) is 4.47 Å². The maximum atomic E-state index is 13.3. The van der Waals surface area contributed by atoms with E-state index in [9.17, 15) is 14.0 Å². The van der Waals surface area contributed by atoms with Crippen molar-refractivity contribution >= 4 is 33.6 Å². The molecule has 0 heterocycles. The Labute approximate surface area is 131 Å². The van der Waals surface area contributed by atoms with E-state index in [2.05, 4.69) is 26.6 Å². The van der Waals surface area contributed by atoms with Gasteiger partial charge in [-0.2, -0.15) is 0 Å². The summed E-state index contributed by atoms with van der Waals surface area (Å²) in [4.78, 5) is 22.9. The smallest absolute Gasteiger partial charge is 0.326 e. The van der Waals surface area contributed by atoms with Gasteiger partial charge in [0.25, 0.3) is 0 Å². The quantitative estimate of drug-likeness (QED) is 0.724. The molecule has 3 N–H and O–H groups in total. The maximum absolute atomic E-state index is 13.3. The van der Waals surface area contributed by atoms with E-state index < -0.39 is 23.9 Å². The number of aliphatic carboxylic acids is 1. The SMILES string of the molecule is CCCC[C@H](NC(=O)Nc1cc(Br)c(F)cc1C)C(=O)O. The molecule has 116 valence electrons. The van der Waals surface area contributed by atoms with Crippen molar-refractivity contribution in [1.82, 2.24) is 5.32 Å². The first kappa shape index (κ1) is 17.4. The van der Waals surface area contributed by atoms with Gasteiger partial charge in [-0.1, -0.05) is 19.8 Å². The number of unbranched alkanes of at least 4 members (excludes halogenated alkanes) is 1. The minimum atomic E-state index is -1.07. The normalized spacial score (nSPS) is 11.8. The minimum Gasteiger partial charge on any atom is -0.480 e. The molecule has 0 aromatic heterocycles. The summed E-state index contributed by atoms with van der Waals surface area (Å²) in [6, 6.07) is 1.16. The van der Waals surface area contributed by atoms with Crippen LogP contribution in [0.2, 0.25) is 0 Å². The highest BCUT2D eigenvalue weighted by atomic mass is 79.9. The van der Waals surface area contributed by atoms with Crippen LogP contribution >= 0.6 is 15.9 Å². The van der Waals surface area contributed by atoms with Gasteiger partial charge in [0.1, 0.15) is 11.9 Å². The first-order valence-corrected chi connectivity index (χ1v) is 7.40. The van der Waals surface area contributed by atoms with Gasteiger partial charge in [0.2, 0.25) is 0 Å². The lowest BCUT2D eigenvalue weighted by Crippen LogP contribution is -2.43. The summed E-state index contributed by atoms with van der Waals surface area (Å²) >= 11 is 3.04. The molecule has 0 bridgehead atoms. The van der Waals surface area contributed by atoms with Gasteiger partial charge < -0.3 is 15.7 Å². The number of benzene rings is 1. The number of hydrogen-bond donors (Lipinski definition) is 3. The van der Waals surface area contributed by atoms with Crippen molar-refractivity contribution in [3.8, 4) is 0 Å². The van der Waals surface area contributed by atoms with Crippen LogP contribution in [0.3, 0.4) is 0 Å². The van der Waals surface area contributed by atoms with Gasteiger partial charge in [-0.25, -0.2) is 14.0 Å². The summed E-state index contributed by atoms with van der Waals surface area (Å²) in [5, 5.41) is 14.0. The monoisotopic (exact) mass is 360 g/mol. The fourth-order valence-corrected chi connectivity index (χ4v) is 2.11. The Morgan fingerprint density at radius 3 is 2.67 bits per heavy atom. The lowest BCUT2D eigenvalue weighted by Gasteiger charge is -2.16. The molecule has 5 nitrogen and oxygen atoms in total. The average Bonchev–Trinajstić information content (AvgIpc) is 2.40. The molecule has 21 heavy (non-hydrogen) atoms. The first-order valence-electron chi connectivity index (χ1n) is 6.61. The summed E-state index contributed by atoms with van der Waals surface area (Å²) in [5.41, 5.74) is 0.965. The van der Waals surface area contributed by atoms with Crippen molar-refractivity contribution in [2.45, 2.75) is 39.2 Å². The molecular weight excluding hydrogens is 343 g/mol. The second kappa shape index (κ2) is 7.97. The van der Waals surface area contributed by atoms with Crippen molar-refractivity contribution in [3.63, 3.8) is 0 Å². The number of carbonyl (C=O) groups excluding carboxylic acids is 1. The van der Waals surface area contributed by atoms with Crippen LogP contribution in [0.1, 0.15) is 31.7 Å². The third-order valence-electron chi connectivity index (χ3n) is 2.97. The number of aryl methyl sites for hydroxylation is 1. The Balaban J connectivity index is 2.72. The molecule has 2 amide bonds. The van der Waals surface area contributed by atoms with Gasteiger partial charge in [-0.3, -0.25) is 0 Å². The average molecular weight is 361 g/mol. The predicted molar refractivity (Wildman–Crippen MR) is 81.9 cm³/mol. The Morgan fingerprint density at radius 2 is 2.10 bits per heavy atom. The topological polar surface area (TPSA) is 78.4 Å². The van der Waals surface area contributed by atoms with E-state index >= 15 is 0 Å². The molecule has 0 aliphatic rings. The molecule has 7 heteroatoms. The van der Waals surface area contributed by atoms with Gasteiger partial charge in [-0.05, 0) is 47.0 Å². The molecular formula is C14H18BrFN2O3. The van der Waals surface area contributed by atoms with Crippen molar-refractivity contribution in [1.29, 1.82) is 0 Å². The zero-order valence-electron chi connectivity index (χ0n) is 11.9. The first-order chi connectivity index (χ1) is 9.85. The zero-order valence-corrected chi connectivity index (χ0v) is 13.5. The fourth-order valence-electron chi connectivity index (χ4n) is 1.76. The number of rotatable bonds is 6. The maximum Gasteiger partial charge on any atom is 0.326 e. The molecule has 1 aromatic rings. The van der Waals surface area contributed by atoms with Crippen molar-refractivity contribution in [2.75, 3.05) is 5.32 Å². The lowest BCUT2D eigenvalue weighted by atomic mass is 10.1. The minimum absolute atomic E-state index is 0.226. The fraction of sp³-hybridized carbons (Fsp3) is 0.429. The van der Waals surface area contributed by atoms with E-state index in [1.54, 1.807) is 6.92 Å². The van der Waals surface area contributed by atoms with Crippen molar-refractivity contribution in [2.24, 2.45) is 0 Å². The highest BCUT2D eigenvalue weighted by Crippen LogP contribution is 2.24. The Hall–Kier alpha value is -1.63. The number of nitrogens with one attached hydrogen (secondary N) is 2. The summed E-state index contributed by atoms with van der Waals surface area (Å²) in [6.07, 6.45) is 1.92. The molecule has 0 fully saturated rings. The number of carbonyl (C=O) groups is 2. The van der Waals surface area contributed by atoms with Gasteiger partial charge in [0.05, 0.1) is 4.47 Å². The Bertz CT molecular complexity index is 537. The summed E-state index contributed by atoms with van der Waals surface area (Å²) in [7, 11) is 0. The van der Waals surface area contributed by atoms with Crippen LogP contribution in [0.25, 0.3) is 0 Å². The zero-order chi connectivity index (χ0) is 16.0. The van der Waals surface area contributed by atoms with Crippen LogP contribution in [-0.2, 0) is 4.79 Å². The predicted octanol–water partition coefficient (Wildman–Crippen LogP) is 3.66. The molecule has 0 saturated heterocycles. The van der Waals surface area contributed by atoms with E-state index in [1.165, 1.54) is 12.1 Å². The number of hydrogen-bond acceptors (Lipinski definition) is 2. The van der Waals surface area contributed by atoms with Gasteiger partial charge in [-0.15, -0.1) is 0 Å². The standard InChI is InChI=1S/C14H18BrFN2O3/c1-3-4-5-11(13(19)20)17-14(21)18-12-7-9(15)10(16)6-8(12)2/h6-7,11H,3-5H2,1-2H3,(H,19,20)(H2,17,18,21)/t11-/m0/s1.